The first-order valence-corrected chi connectivity index (χ1v) is 12.2. The molecule has 0 N–H and O–H groups in total. The minimum absolute atomic E-state index is 0.0450. The fraction of sp³-hybridized carbons (Fsp3) is 0.650. The first-order chi connectivity index (χ1) is 14.0. The zero-order valence-electron chi connectivity index (χ0n) is 17.5. The predicted octanol–water partition coefficient (Wildman–Crippen LogP) is 3.68. The minimum Gasteiger partial charge on any atom is -0.356 e. The number of hydrogen-bond donors (Lipinski definition) is 0. The maximum Gasteiger partial charge on any atom is 0.330 e. The lowest BCUT2D eigenvalue weighted by Crippen LogP contribution is -2.35. The van der Waals surface area contributed by atoms with Crippen LogP contribution in [-0.2, 0) is 20.2 Å². The van der Waals surface area contributed by atoms with Gasteiger partial charge in [-0.05, 0) is 52.0 Å². The third kappa shape index (κ3) is 5.05. The molecule has 0 aromatic carbocycles. The zero-order valence-corrected chi connectivity index (χ0v) is 18.4. The molecular formula is C20H31N4O4P. The largest absolute Gasteiger partial charge is 0.356 e. The number of rotatable bonds is 9. The summed E-state index contributed by atoms with van der Waals surface area (Å²) < 4.78 is 25.2. The molecule has 1 fully saturated rings. The lowest BCUT2D eigenvalue weighted by Gasteiger charge is -2.33. The van der Waals surface area contributed by atoms with Gasteiger partial charge in [-0.1, -0.05) is 0 Å². The lowest BCUT2D eigenvalue weighted by molar-refractivity contribution is 0.217. The second-order valence-corrected chi connectivity index (χ2v) is 9.42. The van der Waals surface area contributed by atoms with E-state index in [-0.39, 0.29) is 5.56 Å². The van der Waals surface area contributed by atoms with Crippen molar-refractivity contribution >= 4 is 24.4 Å². The van der Waals surface area contributed by atoms with Crippen LogP contribution in [0.4, 0.5) is 5.82 Å². The second-order valence-electron chi connectivity index (χ2n) is 7.24. The van der Waals surface area contributed by atoms with E-state index in [1.54, 1.807) is 10.6 Å². The first-order valence-electron chi connectivity index (χ1n) is 10.5. The molecule has 0 saturated carbocycles. The van der Waals surface area contributed by atoms with E-state index in [1.165, 1.54) is 6.33 Å². The monoisotopic (exact) mass is 422 g/mol. The summed E-state index contributed by atoms with van der Waals surface area (Å²) in [6.07, 6.45) is 4.84. The van der Waals surface area contributed by atoms with Crippen LogP contribution in [0.5, 0.6) is 0 Å². The van der Waals surface area contributed by atoms with Crippen molar-refractivity contribution in [1.29, 1.82) is 0 Å². The highest BCUT2D eigenvalue weighted by molar-refractivity contribution is 7.53. The molecule has 0 atom stereocenters. The summed E-state index contributed by atoms with van der Waals surface area (Å²) in [6, 6.07) is 3.41. The Morgan fingerprint density at radius 3 is 2.41 bits per heavy atom. The quantitative estimate of drug-likeness (QED) is 0.570. The molecule has 0 unspecified atom stereocenters. The summed E-state index contributed by atoms with van der Waals surface area (Å²) in [4.78, 5) is 23.2. The van der Waals surface area contributed by atoms with Gasteiger partial charge in [-0.2, -0.15) is 0 Å². The van der Waals surface area contributed by atoms with Crippen molar-refractivity contribution in [3.63, 3.8) is 0 Å². The number of anilines is 1. The number of hydrogen-bond acceptors (Lipinski definition) is 7. The molecule has 1 aliphatic rings. The van der Waals surface area contributed by atoms with E-state index in [4.69, 9.17) is 9.05 Å². The van der Waals surface area contributed by atoms with E-state index in [0.717, 1.165) is 43.6 Å². The van der Waals surface area contributed by atoms with Gasteiger partial charge in [-0.3, -0.25) is 13.9 Å². The van der Waals surface area contributed by atoms with Gasteiger partial charge in [0.2, 0.25) is 0 Å². The number of fused-ring (bicyclic) bond motifs is 1. The molecule has 3 rings (SSSR count). The van der Waals surface area contributed by atoms with Crippen LogP contribution in [0.3, 0.4) is 0 Å². The summed E-state index contributed by atoms with van der Waals surface area (Å²) in [5, 5.41) is 0.907. The molecule has 1 saturated heterocycles. The maximum atomic E-state index is 12.7. The van der Waals surface area contributed by atoms with Crippen LogP contribution in [-0.4, -0.2) is 47.0 Å². The molecule has 0 spiro atoms. The Kier molecular flexibility index (Phi) is 7.44. The molecule has 160 valence electrons. The van der Waals surface area contributed by atoms with Crippen molar-refractivity contribution in [2.45, 2.75) is 46.6 Å². The van der Waals surface area contributed by atoms with Gasteiger partial charge >= 0.3 is 7.60 Å². The van der Waals surface area contributed by atoms with Crippen LogP contribution in [0.1, 0.15) is 40.0 Å². The Morgan fingerprint density at radius 1 is 1.10 bits per heavy atom. The van der Waals surface area contributed by atoms with Crippen molar-refractivity contribution in [3.8, 4) is 0 Å². The van der Waals surface area contributed by atoms with Crippen molar-refractivity contribution in [2.75, 3.05) is 37.4 Å². The van der Waals surface area contributed by atoms with Crippen LogP contribution < -0.4 is 10.5 Å². The van der Waals surface area contributed by atoms with Crippen molar-refractivity contribution in [2.24, 2.45) is 5.92 Å². The lowest BCUT2D eigenvalue weighted by atomic mass is 9.94. The highest BCUT2D eigenvalue weighted by Gasteiger charge is 2.28. The summed E-state index contributed by atoms with van der Waals surface area (Å²) in [5.41, 5.74) is 0.637. The molecule has 0 amide bonds. The topological polar surface area (TPSA) is 86.5 Å². The average Bonchev–Trinajstić information content (AvgIpc) is 2.72. The Labute approximate surface area is 171 Å². The predicted molar refractivity (Wildman–Crippen MR) is 115 cm³/mol. The summed E-state index contributed by atoms with van der Waals surface area (Å²) in [7, 11) is -2.97. The van der Waals surface area contributed by atoms with Gasteiger partial charge in [-0.15, -0.1) is 0 Å². The normalized spacial score (nSPS) is 15.9. The third-order valence-electron chi connectivity index (χ3n) is 5.45. The van der Waals surface area contributed by atoms with Crippen LogP contribution in [0.15, 0.2) is 23.3 Å². The highest BCUT2D eigenvalue weighted by atomic mass is 31.2. The summed E-state index contributed by atoms with van der Waals surface area (Å²) in [5.74, 6) is 1.37. The molecule has 2 aromatic rings. The Balaban J connectivity index is 1.67. The van der Waals surface area contributed by atoms with E-state index >= 15 is 0 Å². The number of aromatic nitrogens is 3. The van der Waals surface area contributed by atoms with Crippen molar-refractivity contribution < 1.29 is 13.6 Å². The molecule has 3 heterocycles. The van der Waals surface area contributed by atoms with E-state index in [2.05, 4.69) is 14.9 Å². The molecule has 29 heavy (non-hydrogen) atoms. The van der Waals surface area contributed by atoms with Gasteiger partial charge in [0, 0.05) is 25.7 Å². The molecule has 1 aliphatic heterocycles. The van der Waals surface area contributed by atoms with Crippen LogP contribution >= 0.6 is 7.60 Å². The molecule has 9 heteroatoms. The van der Waals surface area contributed by atoms with Gasteiger partial charge in [0.05, 0.1) is 24.8 Å². The Morgan fingerprint density at radius 2 is 1.79 bits per heavy atom. The SMILES string of the molecule is CCOP(=O)(CCC1CCN(c2ncnc3c2ccc(=O)n3CC)CC1)OCC. The maximum absolute atomic E-state index is 12.7. The molecule has 2 aromatic heterocycles. The third-order valence-corrected chi connectivity index (χ3v) is 7.56. The molecular weight excluding hydrogens is 391 g/mol. The standard InChI is InChI=1S/C20H31N4O4P/c1-4-24-18(25)8-7-17-19(21-15-22-20(17)24)23-12-9-16(10-13-23)11-14-29(26,27-5-2)28-6-3/h7-8,15-16H,4-6,9-14H2,1-3H3. The smallest absolute Gasteiger partial charge is 0.330 e. The molecule has 0 bridgehead atoms. The fourth-order valence-electron chi connectivity index (χ4n) is 3.98. The summed E-state index contributed by atoms with van der Waals surface area (Å²) in [6.45, 7) is 8.75. The molecule has 0 aliphatic carbocycles. The Hall–Kier alpha value is -1.76. The number of pyridine rings is 1. The van der Waals surface area contributed by atoms with Crippen molar-refractivity contribution in [3.05, 3.63) is 28.8 Å². The van der Waals surface area contributed by atoms with E-state index < -0.39 is 7.60 Å². The van der Waals surface area contributed by atoms with Gasteiger partial charge in [-0.25, -0.2) is 9.97 Å². The van der Waals surface area contributed by atoms with Gasteiger partial charge in [0.15, 0.2) is 0 Å². The van der Waals surface area contributed by atoms with E-state index in [0.29, 0.717) is 37.5 Å². The van der Waals surface area contributed by atoms with E-state index in [1.807, 2.05) is 26.8 Å². The van der Waals surface area contributed by atoms with Crippen molar-refractivity contribution in [1.82, 2.24) is 14.5 Å². The number of nitrogens with zero attached hydrogens (tertiary/aromatic N) is 4. The summed E-state index contributed by atoms with van der Waals surface area (Å²) >= 11 is 0. The van der Waals surface area contributed by atoms with Crippen LogP contribution in [0.25, 0.3) is 11.0 Å². The second kappa shape index (κ2) is 9.83. The van der Waals surface area contributed by atoms with Gasteiger partial charge < -0.3 is 13.9 Å². The van der Waals surface area contributed by atoms with Gasteiger partial charge in [0.25, 0.3) is 5.56 Å². The number of piperidine rings is 1. The fourth-order valence-corrected chi connectivity index (χ4v) is 5.78. The zero-order chi connectivity index (χ0) is 20.9. The van der Waals surface area contributed by atoms with Crippen LogP contribution in [0.2, 0.25) is 0 Å². The van der Waals surface area contributed by atoms with Crippen LogP contribution in [0, 0.1) is 5.92 Å². The molecule has 8 nitrogen and oxygen atoms in total. The molecule has 0 radical (unpaired) electrons. The minimum atomic E-state index is -2.97. The number of aryl methyl sites for hydroxylation is 1. The van der Waals surface area contributed by atoms with E-state index in [9.17, 15) is 9.36 Å². The Bertz CT molecular complexity index is 914. The first kappa shape index (κ1) is 21.9. The highest BCUT2D eigenvalue weighted by Crippen LogP contribution is 2.49. The van der Waals surface area contributed by atoms with Gasteiger partial charge in [0.1, 0.15) is 17.8 Å². The average molecular weight is 422 g/mol.